The van der Waals surface area contributed by atoms with Crippen LogP contribution in [0.2, 0.25) is 0 Å². The average Bonchev–Trinajstić information content (AvgIpc) is 2.27. The Morgan fingerprint density at radius 1 is 1.38 bits per heavy atom. The van der Waals surface area contributed by atoms with E-state index in [0.717, 1.165) is 23.9 Å². The van der Waals surface area contributed by atoms with Crippen LogP contribution in [0.5, 0.6) is 0 Å². The third-order valence-corrected chi connectivity index (χ3v) is 3.04. The van der Waals surface area contributed by atoms with E-state index >= 15 is 0 Å². The first-order chi connectivity index (χ1) is 7.41. The van der Waals surface area contributed by atoms with Gasteiger partial charge in [-0.2, -0.15) is 0 Å². The Hall–Kier alpha value is -1.37. The molecule has 0 aliphatic carbocycles. The summed E-state index contributed by atoms with van der Waals surface area (Å²) in [4.78, 5) is 11.2. The van der Waals surface area contributed by atoms with Crippen molar-refractivity contribution >= 4 is 6.29 Å². The second-order valence-electron chi connectivity index (χ2n) is 4.47. The van der Waals surface area contributed by atoms with E-state index in [2.05, 4.69) is 25.8 Å². The minimum absolute atomic E-state index is 0.0948. The van der Waals surface area contributed by atoms with Crippen LogP contribution in [-0.2, 0) is 4.79 Å². The van der Waals surface area contributed by atoms with E-state index < -0.39 is 5.41 Å². The molecular weight excluding hydrogens is 196 g/mol. The fourth-order valence-corrected chi connectivity index (χ4v) is 1.65. The van der Waals surface area contributed by atoms with Crippen LogP contribution in [0.15, 0.2) is 49.1 Å². The van der Waals surface area contributed by atoms with E-state index in [1.54, 1.807) is 6.08 Å². The Morgan fingerprint density at radius 2 is 1.94 bits per heavy atom. The lowest BCUT2D eigenvalue weighted by molar-refractivity contribution is -0.114. The molecule has 0 rings (SSSR count). The summed E-state index contributed by atoms with van der Waals surface area (Å²) in [6.45, 7) is 17.2. The second-order valence-corrected chi connectivity index (χ2v) is 4.47. The van der Waals surface area contributed by atoms with Gasteiger partial charge in [-0.25, -0.2) is 0 Å². The highest BCUT2D eigenvalue weighted by Crippen LogP contribution is 2.34. The van der Waals surface area contributed by atoms with E-state index in [9.17, 15) is 4.79 Å². The lowest BCUT2D eigenvalue weighted by Gasteiger charge is -2.29. The molecule has 1 heteroatoms. The molecule has 0 aromatic rings. The summed E-state index contributed by atoms with van der Waals surface area (Å²) in [5, 5.41) is 0. The first-order valence-corrected chi connectivity index (χ1v) is 5.45. The van der Waals surface area contributed by atoms with Crippen LogP contribution in [-0.4, -0.2) is 6.29 Å². The number of carbonyl (C=O) groups excluding carboxylic acids is 1. The third-order valence-electron chi connectivity index (χ3n) is 3.04. The van der Waals surface area contributed by atoms with E-state index in [1.165, 1.54) is 0 Å². The number of hydrogen-bond donors (Lipinski definition) is 0. The van der Waals surface area contributed by atoms with E-state index in [4.69, 9.17) is 0 Å². The molecule has 0 aliphatic rings. The van der Waals surface area contributed by atoms with Crippen LogP contribution >= 0.6 is 0 Å². The van der Waals surface area contributed by atoms with E-state index in [1.807, 2.05) is 26.8 Å². The summed E-state index contributed by atoms with van der Waals surface area (Å²) in [6, 6.07) is 0. The third kappa shape index (κ3) is 3.65. The Labute approximate surface area is 99.3 Å². The number of allylic oxidation sites excluding steroid dienone is 5. The molecule has 0 heterocycles. The molecule has 0 amide bonds. The molecule has 2 unspecified atom stereocenters. The van der Waals surface area contributed by atoms with Crippen molar-refractivity contribution in [1.82, 2.24) is 0 Å². The average molecular weight is 218 g/mol. The van der Waals surface area contributed by atoms with Crippen LogP contribution in [0.3, 0.4) is 0 Å². The van der Waals surface area contributed by atoms with Crippen molar-refractivity contribution in [2.24, 2.45) is 11.3 Å². The Kier molecular flexibility index (Phi) is 5.73. The van der Waals surface area contributed by atoms with Gasteiger partial charge in [0.2, 0.25) is 0 Å². The summed E-state index contributed by atoms with van der Waals surface area (Å²) in [6.07, 6.45) is 7.33. The maximum absolute atomic E-state index is 11.2. The minimum atomic E-state index is -0.538. The van der Waals surface area contributed by atoms with Crippen molar-refractivity contribution in [2.75, 3.05) is 0 Å². The molecule has 0 saturated carbocycles. The molecule has 0 spiro atoms. The van der Waals surface area contributed by atoms with Crippen molar-refractivity contribution in [1.29, 1.82) is 0 Å². The molecule has 0 N–H and O–H groups in total. The number of aldehydes is 1. The van der Waals surface area contributed by atoms with Crippen LogP contribution in [0.25, 0.3) is 0 Å². The standard InChI is InChI=1S/C15H22O/c1-7-13(5)9-10-14(12(3)4)15(6,8-2)11-16/h7-9,11,14H,1-3,10H2,4-6H3. The molecule has 88 valence electrons. The zero-order valence-electron chi connectivity index (χ0n) is 10.6. The Bertz CT molecular complexity index is 312. The highest BCUT2D eigenvalue weighted by Gasteiger charge is 2.30. The molecule has 2 atom stereocenters. The monoisotopic (exact) mass is 218 g/mol. The van der Waals surface area contributed by atoms with Crippen LogP contribution in [0, 0.1) is 11.3 Å². The van der Waals surface area contributed by atoms with Crippen molar-refractivity contribution in [3.8, 4) is 0 Å². The smallest absolute Gasteiger partial charge is 0.130 e. The molecule has 0 fully saturated rings. The zero-order chi connectivity index (χ0) is 12.8. The lowest BCUT2D eigenvalue weighted by Crippen LogP contribution is -2.27. The predicted octanol–water partition coefficient (Wildman–Crippen LogP) is 4.09. The van der Waals surface area contributed by atoms with Gasteiger partial charge in [-0.05, 0) is 33.1 Å². The summed E-state index contributed by atoms with van der Waals surface area (Å²) in [5.41, 5.74) is 1.58. The van der Waals surface area contributed by atoms with E-state index in [-0.39, 0.29) is 5.92 Å². The molecule has 0 saturated heterocycles. The second kappa shape index (κ2) is 6.26. The molecule has 0 aromatic carbocycles. The van der Waals surface area contributed by atoms with Gasteiger partial charge in [0.15, 0.2) is 0 Å². The highest BCUT2D eigenvalue weighted by molar-refractivity contribution is 5.63. The summed E-state index contributed by atoms with van der Waals surface area (Å²) in [7, 11) is 0. The zero-order valence-corrected chi connectivity index (χ0v) is 10.6. The van der Waals surface area contributed by atoms with Crippen LogP contribution in [0.4, 0.5) is 0 Å². The molecular formula is C15H22O. The van der Waals surface area contributed by atoms with Gasteiger partial charge in [-0.3, -0.25) is 0 Å². The van der Waals surface area contributed by atoms with Gasteiger partial charge < -0.3 is 4.79 Å². The number of hydrogen-bond acceptors (Lipinski definition) is 1. The van der Waals surface area contributed by atoms with Crippen molar-refractivity contribution in [3.05, 3.63) is 49.1 Å². The lowest BCUT2D eigenvalue weighted by atomic mass is 9.73. The minimum Gasteiger partial charge on any atom is -0.302 e. The summed E-state index contributed by atoms with van der Waals surface area (Å²) in [5.74, 6) is 0.0948. The predicted molar refractivity (Wildman–Crippen MR) is 71.2 cm³/mol. The summed E-state index contributed by atoms with van der Waals surface area (Å²) < 4.78 is 0. The molecule has 1 nitrogen and oxygen atoms in total. The molecule has 0 aliphatic heterocycles. The topological polar surface area (TPSA) is 17.1 Å². The van der Waals surface area contributed by atoms with Gasteiger partial charge in [0.25, 0.3) is 0 Å². The fourth-order valence-electron chi connectivity index (χ4n) is 1.65. The SMILES string of the molecule is C=CC(C)=CCC(C(=C)C)C(C)(C=C)C=O. The van der Waals surface area contributed by atoms with Gasteiger partial charge in [0.05, 0.1) is 0 Å². The highest BCUT2D eigenvalue weighted by atomic mass is 16.1. The van der Waals surface area contributed by atoms with Crippen molar-refractivity contribution < 1.29 is 4.79 Å². The van der Waals surface area contributed by atoms with Gasteiger partial charge in [-0.15, -0.1) is 6.58 Å². The number of carbonyl (C=O) groups is 1. The maximum atomic E-state index is 11.2. The van der Waals surface area contributed by atoms with E-state index in [0.29, 0.717) is 0 Å². The maximum Gasteiger partial charge on any atom is 0.130 e. The Balaban J connectivity index is 5.02. The Morgan fingerprint density at radius 3 is 2.25 bits per heavy atom. The van der Waals surface area contributed by atoms with Gasteiger partial charge in [0.1, 0.15) is 6.29 Å². The van der Waals surface area contributed by atoms with Gasteiger partial charge >= 0.3 is 0 Å². The molecule has 16 heavy (non-hydrogen) atoms. The first kappa shape index (κ1) is 14.6. The van der Waals surface area contributed by atoms with Crippen molar-refractivity contribution in [2.45, 2.75) is 27.2 Å². The first-order valence-electron chi connectivity index (χ1n) is 5.45. The largest absolute Gasteiger partial charge is 0.302 e. The van der Waals surface area contributed by atoms with Gasteiger partial charge in [-0.1, -0.05) is 42.5 Å². The number of rotatable bonds is 7. The molecule has 0 bridgehead atoms. The summed E-state index contributed by atoms with van der Waals surface area (Å²) >= 11 is 0. The normalized spacial score (nSPS) is 17.1. The van der Waals surface area contributed by atoms with Crippen LogP contribution < -0.4 is 0 Å². The molecule has 0 aromatic heterocycles. The molecule has 0 radical (unpaired) electrons. The van der Waals surface area contributed by atoms with Gasteiger partial charge in [0, 0.05) is 5.41 Å². The van der Waals surface area contributed by atoms with Crippen molar-refractivity contribution in [3.63, 3.8) is 0 Å². The fraction of sp³-hybridized carbons (Fsp3) is 0.400. The quantitative estimate of drug-likeness (QED) is 0.357. The van der Waals surface area contributed by atoms with Crippen LogP contribution in [0.1, 0.15) is 27.2 Å².